The van der Waals surface area contributed by atoms with Crippen LogP contribution in [-0.4, -0.2) is 22.6 Å². The van der Waals surface area contributed by atoms with E-state index in [4.69, 9.17) is 0 Å². The Labute approximate surface area is 104 Å². The first kappa shape index (κ1) is 13.2. The minimum atomic E-state index is -4.63. The van der Waals surface area contributed by atoms with E-state index in [2.05, 4.69) is 9.72 Å². The summed E-state index contributed by atoms with van der Waals surface area (Å²) in [5, 5.41) is 0. The first-order valence-electron chi connectivity index (χ1n) is 5.14. The molecule has 102 valence electrons. The van der Waals surface area contributed by atoms with Crippen LogP contribution < -0.4 is 5.69 Å². The van der Waals surface area contributed by atoms with Crippen molar-refractivity contribution < 1.29 is 22.7 Å². The van der Waals surface area contributed by atoms with E-state index in [1.165, 1.54) is 7.05 Å². The largest absolute Gasteiger partial charge is 0.465 e. The molecular formula is C11H9F3N2O3. The Morgan fingerprint density at radius 1 is 1.37 bits per heavy atom. The number of rotatable bonds is 1. The molecule has 0 saturated carbocycles. The second kappa shape index (κ2) is 4.15. The molecule has 5 nitrogen and oxygen atoms in total. The molecule has 1 aromatic carbocycles. The Balaban J connectivity index is 2.92. The molecule has 0 aliphatic heterocycles. The van der Waals surface area contributed by atoms with Gasteiger partial charge in [-0.2, -0.15) is 13.2 Å². The van der Waals surface area contributed by atoms with Crippen LogP contribution in [0.3, 0.4) is 0 Å². The number of fused-ring (bicyclic) bond motifs is 1. The fourth-order valence-corrected chi connectivity index (χ4v) is 1.87. The van der Waals surface area contributed by atoms with Crippen molar-refractivity contribution in [2.75, 3.05) is 7.11 Å². The molecule has 0 amide bonds. The number of benzene rings is 1. The lowest BCUT2D eigenvalue weighted by molar-refractivity contribution is -0.136. The average molecular weight is 274 g/mol. The molecule has 2 rings (SSSR count). The number of nitrogens with one attached hydrogen (secondary N) is 1. The lowest BCUT2D eigenvalue weighted by Crippen LogP contribution is -2.13. The number of aromatic amines is 1. The van der Waals surface area contributed by atoms with E-state index in [0.717, 1.165) is 23.8 Å². The number of nitrogens with zero attached hydrogens (tertiary/aromatic N) is 1. The molecule has 1 aromatic heterocycles. The molecule has 0 fully saturated rings. The number of carbonyl (C=O) groups excluding carboxylic acids is 1. The van der Waals surface area contributed by atoms with E-state index >= 15 is 0 Å². The zero-order valence-electron chi connectivity index (χ0n) is 9.96. The van der Waals surface area contributed by atoms with E-state index in [9.17, 15) is 22.8 Å². The van der Waals surface area contributed by atoms with Gasteiger partial charge in [-0.3, -0.25) is 4.57 Å². The summed E-state index contributed by atoms with van der Waals surface area (Å²) in [7, 11) is 2.38. The molecule has 0 atom stereocenters. The molecule has 1 heterocycles. The van der Waals surface area contributed by atoms with Gasteiger partial charge in [0, 0.05) is 7.05 Å². The molecule has 0 aliphatic carbocycles. The number of hydrogen-bond donors (Lipinski definition) is 1. The van der Waals surface area contributed by atoms with Gasteiger partial charge in [-0.25, -0.2) is 9.59 Å². The van der Waals surface area contributed by atoms with Gasteiger partial charge < -0.3 is 9.72 Å². The molecule has 0 aliphatic rings. The maximum Gasteiger partial charge on any atom is 0.418 e. The SMILES string of the molecule is COC(=O)c1ccc(C(F)(F)F)c2[nH]c(=O)n(C)c12. The summed E-state index contributed by atoms with van der Waals surface area (Å²) in [6.07, 6.45) is -4.63. The summed E-state index contributed by atoms with van der Waals surface area (Å²) >= 11 is 0. The fourth-order valence-electron chi connectivity index (χ4n) is 1.87. The third-order valence-electron chi connectivity index (χ3n) is 2.76. The second-order valence-electron chi connectivity index (χ2n) is 3.86. The molecule has 0 radical (unpaired) electrons. The number of hydrogen-bond acceptors (Lipinski definition) is 3. The number of ether oxygens (including phenoxy) is 1. The van der Waals surface area contributed by atoms with Gasteiger partial charge in [-0.15, -0.1) is 0 Å². The van der Waals surface area contributed by atoms with Crippen molar-refractivity contribution in [2.45, 2.75) is 6.18 Å². The first-order chi connectivity index (χ1) is 8.77. The molecule has 0 spiro atoms. The van der Waals surface area contributed by atoms with Crippen LogP contribution in [0, 0.1) is 0 Å². The van der Waals surface area contributed by atoms with Gasteiger partial charge >= 0.3 is 17.8 Å². The Morgan fingerprint density at radius 3 is 2.53 bits per heavy atom. The quantitative estimate of drug-likeness (QED) is 0.804. The van der Waals surface area contributed by atoms with Crippen molar-refractivity contribution in [3.8, 4) is 0 Å². The van der Waals surface area contributed by atoms with Gasteiger partial charge in [0.05, 0.1) is 29.3 Å². The molecule has 1 N–H and O–H groups in total. The Hall–Kier alpha value is -2.25. The zero-order valence-corrected chi connectivity index (χ0v) is 9.96. The second-order valence-corrected chi connectivity index (χ2v) is 3.86. The average Bonchev–Trinajstić information content (AvgIpc) is 2.62. The van der Waals surface area contributed by atoms with Crippen LogP contribution in [0.4, 0.5) is 13.2 Å². The molecule has 0 bridgehead atoms. The topological polar surface area (TPSA) is 64.1 Å². The lowest BCUT2D eigenvalue weighted by Gasteiger charge is -2.10. The van der Waals surface area contributed by atoms with Crippen molar-refractivity contribution in [1.82, 2.24) is 9.55 Å². The highest BCUT2D eigenvalue weighted by atomic mass is 19.4. The van der Waals surface area contributed by atoms with Crippen LogP contribution in [0.1, 0.15) is 15.9 Å². The Morgan fingerprint density at radius 2 is 2.00 bits per heavy atom. The monoisotopic (exact) mass is 274 g/mol. The number of halogens is 3. The van der Waals surface area contributed by atoms with E-state index in [0.29, 0.717) is 0 Å². The van der Waals surface area contributed by atoms with Gasteiger partial charge in [0.25, 0.3) is 0 Å². The van der Waals surface area contributed by atoms with Crippen molar-refractivity contribution in [1.29, 1.82) is 0 Å². The number of esters is 1. The highest BCUT2D eigenvalue weighted by Crippen LogP contribution is 2.34. The number of methoxy groups -OCH3 is 1. The molecule has 19 heavy (non-hydrogen) atoms. The van der Waals surface area contributed by atoms with Crippen LogP contribution >= 0.6 is 0 Å². The normalized spacial score (nSPS) is 11.8. The standard InChI is InChI=1S/C11H9F3N2O3/c1-16-8-5(9(17)19-2)3-4-6(11(12,13)14)7(8)15-10(16)18/h3-4H,1-2H3,(H,15,18). The number of alkyl halides is 3. The minimum absolute atomic E-state index is 0.105. The maximum atomic E-state index is 12.8. The third-order valence-corrected chi connectivity index (χ3v) is 2.76. The van der Waals surface area contributed by atoms with Gasteiger partial charge in [-0.1, -0.05) is 0 Å². The highest BCUT2D eigenvalue weighted by Gasteiger charge is 2.35. The van der Waals surface area contributed by atoms with Gasteiger partial charge in [0.15, 0.2) is 0 Å². The summed E-state index contributed by atoms with van der Waals surface area (Å²) in [6, 6.07) is 1.73. The summed E-state index contributed by atoms with van der Waals surface area (Å²) in [4.78, 5) is 25.1. The summed E-state index contributed by atoms with van der Waals surface area (Å²) in [6.45, 7) is 0. The van der Waals surface area contributed by atoms with Crippen molar-refractivity contribution in [2.24, 2.45) is 7.05 Å². The van der Waals surface area contributed by atoms with Crippen LogP contribution in [0.25, 0.3) is 11.0 Å². The van der Waals surface area contributed by atoms with Gasteiger partial charge in [0.2, 0.25) is 0 Å². The van der Waals surface area contributed by atoms with E-state index < -0.39 is 28.9 Å². The van der Waals surface area contributed by atoms with E-state index in [1.54, 1.807) is 0 Å². The number of H-pyrrole nitrogens is 1. The van der Waals surface area contributed by atoms with Crippen LogP contribution in [0.2, 0.25) is 0 Å². The van der Waals surface area contributed by atoms with Gasteiger partial charge in [0.1, 0.15) is 0 Å². The Kier molecular flexibility index (Phi) is 2.88. The minimum Gasteiger partial charge on any atom is -0.465 e. The predicted molar refractivity (Wildman–Crippen MR) is 59.9 cm³/mol. The Bertz CT molecular complexity index is 712. The van der Waals surface area contributed by atoms with Crippen LogP contribution in [0.15, 0.2) is 16.9 Å². The molecule has 0 saturated heterocycles. The smallest absolute Gasteiger partial charge is 0.418 e. The van der Waals surface area contributed by atoms with Crippen LogP contribution in [0.5, 0.6) is 0 Å². The van der Waals surface area contributed by atoms with E-state index in [-0.39, 0.29) is 11.1 Å². The highest BCUT2D eigenvalue weighted by molar-refractivity contribution is 6.03. The molecular weight excluding hydrogens is 265 g/mol. The first-order valence-corrected chi connectivity index (χ1v) is 5.14. The number of imidazole rings is 1. The molecule has 8 heteroatoms. The summed E-state index contributed by atoms with van der Waals surface area (Å²) in [5.74, 6) is -0.812. The third kappa shape index (κ3) is 1.98. The fraction of sp³-hybridized carbons (Fsp3) is 0.273. The number of carbonyl (C=O) groups is 1. The summed E-state index contributed by atoms with van der Waals surface area (Å²) in [5.41, 5.74) is -2.41. The zero-order chi connectivity index (χ0) is 14.4. The molecule has 0 unspecified atom stereocenters. The van der Waals surface area contributed by atoms with Gasteiger partial charge in [-0.05, 0) is 12.1 Å². The van der Waals surface area contributed by atoms with Crippen LogP contribution in [-0.2, 0) is 18.0 Å². The van der Waals surface area contributed by atoms with Crippen molar-refractivity contribution in [3.63, 3.8) is 0 Å². The summed E-state index contributed by atoms with van der Waals surface area (Å²) < 4.78 is 43.9. The molecule has 2 aromatic rings. The predicted octanol–water partition coefficient (Wildman–Crippen LogP) is 1.67. The maximum absolute atomic E-state index is 12.8. The number of aryl methyl sites for hydroxylation is 1. The number of aromatic nitrogens is 2. The van der Waals surface area contributed by atoms with E-state index in [1.807, 2.05) is 0 Å². The van der Waals surface area contributed by atoms with Crippen molar-refractivity contribution in [3.05, 3.63) is 33.7 Å². The van der Waals surface area contributed by atoms with Crippen molar-refractivity contribution >= 4 is 17.0 Å². The lowest BCUT2D eigenvalue weighted by atomic mass is 10.1.